The van der Waals surface area contributed by atoms with E-state index in [0.717, 1.165) is 86.2 Å². The number of likely N-dealkylation sites (tertiary alicyclic amines) is 1. The molecule has 0 saturated carbocycles. The van der Waals surface area contributed by atoms with Crippen molar-refractivity contribution in [2.75, 3.05) is 41.7 Å². The van der Waals surface area contributed by atoms with Gasteiger partial charge < -0.3 is 20.2 Å². The Morgan fingerprint density at radius 1 is 0.960 bits per heavy atom. The van der Waals surface area contributed by atoms with Gasteiger partial charge in [0.2, 0.25) is 0 Å². The maximum atomic E-state index is 13.4. The van der Waals surface area contributed by atoms with E-state index >= 15 is 0 Å². The number of carbonyl (C=O) groups is 1. The number of halogens is 1. The highest BCUT2D eigenvalue weighted by molar-refractivity contribution is 7.22. The van der Waals surface area contributed by atoms with Crippen LogP contribution in [0.15, 0.2) is 66.7 Å². The highest BCUT2D eigenvalue weighted by Crippen LogP contribution is 2.57. The second kappa shape index (κ2) is 12.5. The Morgan fingerprint density at radius 2 is 1.74 bits per heavy atom. The van der Waals surface area contributed by atoms with Gasteiger partial charge >= 0.3 is 6.03 Å². The number of phenols is 1. The van der Waals surface area contributed by atoms with Crippen molar-refractivity contribution < 1.29 is 9.90 Å². The zero-order valence-corrected chi connectivity index (χ0v) is 30.8. The van der Waals surface area contributed by atoms with Crippen molar-refractivity contribution in [3.8, 4) is 16.3 Å². The SMILES string of the molecule is Cc1ccc2nc(NC(=O)Nc3ccccc3N3CC4(CCN(CC(C)(C)C)CC4)c4c(-c5nc6ccc(Cl)cc6s5)ccc(O)c43)sc2n1. The number of benzene rings is 3. The van der Waals surface area contributed by atoms with Crippen molar-refractivity contribution in [2.24, 2.45) is 5.41 Å². The van der Waals surface area contributed by atoms with Gasteiger partial charge in [-0.1, -0.05) is 55.8 Å². The van der Waals surface area contributed by atoms with E-state index in [-0.39, 0.29) is 16.6 Å². The normalized spacial score (nSPS) is 16.0. The van der Waals surface area contributed by atoms with Crippen LogP contribution in [0.1, 0.15) is 44.9 Å². The molecule has 0 aliphatic carbocycles. The maximum absolute atomic E-state index is 13.4. The van der Waals surface area contributed by atoms with Crippen LogP contribution in [0, 0.1) is 12.3 Å². The molecule has 0 bridgehead atoms. The Kier molecular flexibility index (Phi) is 8.21. The molecule has 1 spiro atoms. The molecule has 2 aliphatic heterocycles. The molecule has 12 heteroatoms. The van der Waals surface area contributed by atoms with Crippen molar-refractivity contribution in [3.05, 3.63) is 83.0 Å². The predicted molar refractivity (Wildman–Crippen MR) is 207 cm³/mol. The number of piperidine rings is 1. The second-order valence-electron chi connectivity index (χ2n) is 14.6. The predicted octanol–water partition coefficient (Wildman–Crippen LogP) is 9.81. The number of amides is 2. The van der Waals surface area contributed by atoms with E-state index in [0.29, 0.717) is 22.4 Å². The van der Waals surface area contributed by atoms with Gasteiger partial charge in [0.25, 0.3) is 0 Å². The summed E-state index contributed by atoms with van der Waals surface area (Å²) in [5.74, 6) is 0.207. The molecule has 3 aromatic heterocycles. The summed E-state index contributed by atoms with van der Waals surface area (Å²) < 4.78 is 1.03. The number of nitrogens with one attached hydrogen (secondary N) is 2. The number of aromatic nitrogens is 3. The highest BCUT2D eigenvalue weighted by atomic mass is 35.5. The van der Waals surface area contributed by atoms with E-state index in [9.17, 15) is 9.90 Å². The first kappa shape index (κ1) is 32.9. The van der Waals surface area contributed by atoms with Crippen molar-refractivity contribution in [3.63, 3.8) is 0 Å². The zero-order chi connectivity index (χ0) is 34.8. The lowest BCUT2D eigenvalue weighted by Crippen LogP contribution is -2.47. The van der Waals surface area contributed by atoms with Crippen LogP contribution in [-0.2, 0) is 5.41 Å². The first-order valence-corrected chi connectivity index (χ1v) is 18.8. The van der Waals surface area contributed by atoms with Crippen LogP contribution < -0.4 is 15.5 Å². The van der Waals surface area contributed by atoms with E-state index in [1.807, 2.05) is 67.6 Å². The number of para-hydroxylation sites is 2. The summed E-state index contributed by atoms with van der Waals surface area (Å²) in [5, 5.41) is 19.7. The number of carbonyl (C=O) groups excluding carboxylic acids is 1. The molecular formula is C38H38ClN7O2S2. The van der Waals surface area contributed by atoms with Crippen LogP contribution in [0.2, 0.25) is 5.02 Å². The highest BCUT2D eigenvalue weighted by Gasteiger charge is 2.49. The number of fused-ring (bicyclic) bond motifs is 4. The number of pyridine rings is 1. The number of hydrogen-bond donors (Lipinski definition) is 3. The number of phenolic OH excluding ortho intramolecular Hbond substituents is 1. The Morgan fingerprint density at radius 3 is 2.54 bits per heavy atom. The van der Waals surface area contributed by atoms with Gasteiger partial charge in [0.1, 0.15) is 21.1 Å². The molecule has 9 nitrogen and oxygen atoms in total. The standard InChI is InChI=1S/C38H38ClN7O2S2/c1-22-9-12-27-34(40-22)50-36(43-27)44-35(48)42-25-7-5-6-8-28(25)46-21-38(15-17-45(18-16-38)20-37(2,3)4)31-24(11-14-29(47)32(31)46)33-41-26-13-10-23(39)19-30(26)49-33/h5-14,19,47H,15-18,20-21H2,1-4H3,(H2,42,43,44,48). The van der Waals surface area contributed by atoms with Crippen LogP contribution in [0.3, 0.4) is 0 Å². The molecule has 256 valence electrons. The lowest BCUT2D eigenvalue weighted by atomic mass is 9.72. The number of thiazole rings is 2. The summed E-state index contributed by atoms with van der Waals surface area (Å²) in [5.41, 5.74) is 6.86. The Labute approximate surface area is 304 Å². The van der Waals surface area contributed by atoms with E-state index in [1.54, 1.807) is 17.4 Å². The molecule has 3 aromatic carbocycles. The molecule has 0 atom stereocenters. The summed E-state index contributed by atoms with van der Waals surface area (Å²) in [4.78, 5) is 33.1. The number of hydrogen-bond acceptors (Lipinski definition) is 9. The van der Waals surface area contributed by atoms with Gasteiger partial charge in [-0.2, -0.15) is 0 Å². The van der Waals surface area contributed by atoms with E-state index < -0.39 is 6.03 Å². The maximum Gasteiger partial charge on any atom is 0.325 e. The number of aryl methyl sites for hydroxylation is 1. The van der Waals surface area contributed by atoms with Gasteiger partial charge in [-0.25, -0.2) is 19.7 Å². The molecule has 0 radical (unpaired) electrons. The third-order valence-corrected chi connectivity index (χ3v) is 11.7. The van der Waals surface area contributed by atoms with Gasteiger partial charge in [0.05, 0.1) is 27.3 Å². The summed E-state index contributed by atoms with van der Waals surface area (Å²) >= 11 is 9.33. The lowest BCUT2D eigenvalue weighted by molar-refractivity contribution is 0.125. The first-order valence-electron chi connectivity index (χ1n) is 16.8. The summed E-state index contributed by atoms with van der Waals surface area (Å²) in [6.07, 6.45) is 1.86. The minimum absolute atomic E-state index is 0.196. The fourth-order valence-electron chi connectivity index (χ4n) is 7.50. The van der Waals surface area contributed by atoms with Crippen LogP contribution in [0.5, 0.6) is 5.75 Å². The fourth-order valence-corrected chi connectivity index (χ4v) is 9.65. The number of nitrogens with zero attached hydrogens (tertiary/aromatic N) is 5. The number of urea groups is 1. The minimum atomic E-state index is -0.399. The van der Waals surface area contributed by atoms with E-state index in [2.05, 4.69) is 51.2 Å². The summed E-state index contributed by atoms with van der Waals surface area (Å²) in [6.45, 7) is 12.4. The fraction of sp³-hybridized carbons (Fsp3) is 0.316. The smallest absolute Gasteiger partial charge is 0.325 e. The largest absolute Gasteiger partial charge is 0.506 e. The van der Waals surface area contributed by atoms with Crippen molar-refractivity contribution >= 4 is 83.1 Å². The van der Waals surface area contributed by atoms with Gasteiger partial charge in [0.15, 0.2) is 5.13 Å². The van der Waals surface area contributed by atoms with Crippen molar-refractivity contribution in [1.29, 1.82) is 0 Å². The van der Waals surface area contributed by atoms with Gasteiger partial charge in [-0.05, 0) is 98.4 Å². The molecule has 2 aliphatic rings. The Balaban J connectivity index is 1.18. The quantitative estimate of drug-likeness (QED) is 0.163. The molecule has 1 fully saturated rings. The molecule has 0 unspecified atom stereocenters. The average molecular weight is 724 g/mol. The molecule has 1 saturated heterocycles. The van der Waals surface area contributed by atoms with Crippen molar-refractivity contribution in [1.82, 2.24) is 19.9 Å². The molecule has 5 heterocycles. The van der Waals surface area contributed by atoms with Crippen LogP contribution in [-0.4, -0.2) is 57.2 Å². The molecule has 3 N–H and O–H groups in total. The first-order chi connectivity index (χ1) is 23.9. The molecular weight excluding hydrogens is 686 g/mol. The van der Waals surface area contributed by atoms with E-state index in [4.69, 9.17) is 16.6 Å². The minimum Gasteiger partial charge on any atom is -0.506 e. The van der Waals surface area contributed by atoms with Crippen LogP contribution in [0.4, 0.5) is 27.0 Å². The van der Waals surface area contributed by atoms with Gasteiger partial charge in [-0.15, -0.1) is 11.3 Å². The summed E-state index contributed by atoms with van der Waals surface area (Å²) in [7, 11) is 0. The number of rotatable bonds is 5. The Bertz CT molecular complexity index is 2270. The van der Waals surface area contributed by atoms with E-state index in [1.165, 1.54) is 11.3 Å². The third kappa shape index (κ3) is 6.17. The summed E-state index contributed by atoms with van der Waals surface area (Å²) in [6, 6.07) is 20.8. The molecule has 8 rings (SSSR count). The third-order valence-electron chi connectivity index (χ3n) is 9.57. The lowest BCUT2D eigenvalue weighted by Gasteiger charge is -2.42. The van der Waals surface area contributed by atoms with Gasteiger partial charge in [0, 0.05) is 34.8 Å². The Hall–Kier alpha value is -4.29. The molecule has 50 heavy (non-hydrogen) atoms. The van der Waals surface area contributed by atoms with Crippen molar-refractivity contribution in [2.45, 2.75) is 46.0 Å². The monoisotopic (exact) mass is 723 g/mol. The second-order valence-corrected chi connectivity index (χ2v) is 17.0. The number of aromatic hydroxyl groups is 1. The zero-order valence-electron chi connectivity index (χ0n) is 28.4. The average Bonchev–Trinajstić information content (AvgIpc) is 3.76. The van der Waals surface area contributed by atoms with Crippen LogP contribution >= 0.6 is 34.3 Å². The number of anilines is 4. The molecule has 6 aromatic rings. The topological polar surface area (TPSA) is 107 Å². The van der Waals surface area contributed by atoms with Crippen LogP contribution in [0.25, 0.3) is 31.1 Å². The molecule has 2 amide bonds. The van der Waals surface area contributed by atoms with Gasteiger partial charge in [-0.3, -0.25) is 5.32 Å².